The molecule has 1 N–H and O–H groups in total. The molecule has 228 valence electrons. The van der Waals surface area contributed by atoms with Crippen molar-refractivity contribution in [1.82, 2.24) is 0 Å². The molecular formula is C36H60O3S. The monoisotopic (exact) mass is 572 g/mol. The standard InChI is InChI=1S/C36H60O3S/c1-3-5-7-9-11-13-15-17-19-21-23-26-32-30-34-28-25-29-36(40(37,38)39)35(34)31-33(32)27-24-22-20-18-16-14-12-10-8-6-4-2/h25,28-31H,3-24,26-27H2,1-2H3,(H,37,38,39). The van der Waals surface area contributed by atoms with Crippen LogP contribution in [0.15, 0.2) is 35.2 Å². The van der Waals surface area contributed by atoms with Gasteiger partial charge in [-0.15, -0.1) is 0 Å². The lowest BCUT2D eigenvalue weighted by Gasteiger charge is -2.14. The Morgan fingerprint density at radius 2 is 0.900 bits per heavy atom. The van der Waals surface area contributed by atoms with Crippen molar-refractivity contribution >= 4 is 20.9 Å². The van der Waals surface area contributed by atoms with E-state index in [2.05, 4.69) is 26.0 Å². The first-order chi connectivity index (χ1) is 19.5. The summed E-state index contributed by atoms with van der Waals surface area (Å²) in [7, 11) is -4.24. The number of unbranched alkanes of at least 4 members (excludes halogenated alkanes) is 20. The molecule has 4 heteroatoms. The molecule has 2 aromatic carbocycles. The van der Waals surface area contributed by atoms with E-state index in [1.807, 2.05) is 6.07 Å². The first kappa shape index (κ1) is 34.8. The SMILES string of the molecule is CCCCCCCCCCCCCc1cc2cccc(S(=O)(=O)O)c2cc1CCCCCCCCCCCCC. The zero-order chi connectivity index (χ0) is 28.9. The van der Waals surface area contributed by atoms with Crippen LogP contribution in [-0.4, -0.2) is 13.0 Å². The third-order valence-corrected chi connectivity index (χ3v) is 9.45. The second-order valence-corrected chi connectivity index (χ2v) is 13.5. The molecule has 40 heavy (non-hydrogen) atoms. The average molecular weight is 573 g/mol. The normalized spacial score (nSPS) is 12.0. The van der Waals surface area contributed by atoms with Crippen LogP contribution in [0.25, 0.3) is 10.8 Å². The van der Waals surface area contributed by atoms with Gasteiger partial charge in [0.05, 0.1) is 0 Å². The third kappa shape index (κ3) is 14.5. The highest BCUT2D eigenvalue weighted by Crippen LogP contribution is 2.29. The fourth-order valence-electron chi connectivity index (χ4n) is 6.04. The summed E-state index contributed by atoms with van der Waals surface area (Å²) < 4.78 is 33.9. The summed E-state index contributed by atoms with van der Waals surface area (Å²) in [5.41, 5.74) is 2.63. The smallest absolute Gasteiger partial charge is 0.282 e. The lowest BCUT2D eigenvalue weighted by molar-refractivity contribution is 0.484. The number of hydrogen-bond acceptors (Lipinski definition) is 2. The molecule has 0 bridgehead atoms. The van der Waals surface area contributed by atoms with Crippen molar-refractivity contribution in [1.29, 1.82) is 0 Å². The molecule has 2 rings (SSSR count). The van der Waals surface area contributed by atoms with E-state index in [4.69, 9.17) is 0 Å². The molecular weight excluding hydrogens is 512 g/mol. The van der Waals surface area contributed by atoms with Gasteiger partial charge in [0.15, 0.2) is 0 Å². The van der Waals surface area contributed by atoms with Crippen molar-refractivity contribution in [3.8, 4) is 0 Å². The molecule has 0 saturated heterocycles. The molecule has 0 aliphatic heterocycles. The zero-order valence-corrected chi connectivity index (χ0v) is 26.8. The molecule has 0 aliphatic carbocycles. The van der Waals surface area contributed by atoms with E-state index in [1.54, 1.807) is 6.07 Å². The van der Waals surface area contributed by atoms with Gasteiger partial charge in [-0.1, -0.05) is 160 Å². The summed E-state index contributed by atoms with van der Waals surface area (Å²) in [4.78, 5) is 0.0337. The van der Waals surface area contributed by atoms with Crippen LogP contribution >= 0.6 is 0 Å². The minimum Gasteiger partial charge on any atom is -0.282 e. The third-order valence-electron chi connectivity index (χ3n) is 8.54. The summed E-state index contributed by atoms with van der Waals surface area (Å²) in [6, 6.07) is 9.48. The van der Waals surface area contributed by atoms with Crippen molar-refractivity contribution in [3.63, 3.8) is 0 Å². The highest BCUT2D eigenvalue weighted by molar-refractivity contribution is 7.86. The molecule has 0 heterocycles. The first-order valence-electron chi connectivity index (χ1n) is 17.0. The molecule has 0 unspecified atom stereocenters. The largest absolute Gasteiger partial charge is 0.295 e. The van der Waals surface area contributed by atoms with Crippen LogP contribution in [0.3, 0.4) is 0 Å². The zero-order valence-electron chi connectivity index (χ0n) is 26.0. The number of hydrogen-bond donors (Lipinski definition) is 1. The van der Waals surface area contributed by atoms with Crippen molar-refractivity contribution in [3.05, 3.63) is 41.5 Å². The summed E-state index contributed by atoms with van der Waals surface area (Å²) in [5, 5.41) is 1.57. The Morgan fingerprint density at radius 1 is 0.525 bits per heavy atom. The second-order valence-electron chi connectivity index (χ2n) is 12.1. The van der Waals surface area contributed by atoms with Crippen LogP contribution in [-0.2, 0) is 23.0 Å². The van der Waals surface area contributed by atoms with E-state index in [0.29, 0.717) is 5.39 Å². The lowest BCUT2D eigenvalue weighted by atomic mass is 9.93. The van der Waals surface area contributed by atoms with E-state index in [-0.39, 0.29) is 4.90 Å². The highest BCUT2D eigenvalue weighted by atomic mass is 32.2. The Hall–Kier alpha value is -1.39. The summed E-state index contributed by atoms with van der Waals surface area (Å²) >= 11 is 0. The Morgan fingerprint density at radius 3 is 1.30 bits per heavy atom. The van der Waals surface area contributed by atoms with Gasteiger partial charge in [-0.2, -0.15) is 8.42 Å². The summed E-state index contributed by atoms with van der Waals surface area (Å²) in [6.07, 6.45) is 31.3. The second kappa shape index (κ2) is 21.3. The molecule has 0 fully saturated rings. The first-order valence-corrected chi connectivity index (χ1v) is 18.4. The van der Waals surface area contributed by atoms with Crippen LogP contribution in [0.2, 0.25) is 0 Å². The van der Waals surface area contributed by atoms with Crippen molar-refractivity contribution in [2.75, 3.05) is 0 Å². The Bertz CT molecular complexity index is 1030. The Balaban J connectivity index is 1.84. The molecule has 0 aliphatic rings. The molecule has 0 radical (unpaired) electrons. The van der Waals surface area contributed by atoms with E-state index in [1.165, 1.54) is 152 Å². The van der Waals surface area contributed by atoms with Gasteiger partial charge in [0.2, 0.25) is 0 Å². The van der Waals surface area contributed by atoms with Gasteiger partial charge >= 0.3 is 0 Å². The average Bonchev–Trinajstić information content (AvgIpc) is 2.93. The minimum absolute atomic E-state index is 0.0337. The predicted octanol–water partition coefficient (Wildman–Crippen LogP) is 11.8. The van der Waals surface area contributed by atoms with Crippen molar-refractivity contribution in [2.45, 2.75) is 173 Å². The number of benzene rings is 2. The van der Waals surface area contributed by atoms with Crippen molar-refractivity contribution < 1.29 is 13.0 Å². The van der Waals surface area contributed by atoms with Gasteiger partial charge in [0.25, 0.3) is 10.1 Å². The molecule has 0 amide bonds. The lowest BCUT2D eigenvalue weighted by Crippen LogP contribution is -2.02. The van der Waals surface area contributed by atoms with Gasteiger partial charge in [0.1, 0.15) is 4.90 Å². The quantitative estimate of drug-likeness (QED) is 0.0950. The predicted molar refractivity (Wildman–Crippen MR) is 174 cm³/mol. The van der Waals surface area contributed by atoms with Gasteiger partial charge in [-0.25, -0.2) is 0 Å². The van der Waals surface area contributed by atoms with E-state index in [0.717, 1.165) is 24.6 Å². The molecule has 0 spiro atoms. The fourth-order valence-corrected chi connectivity index (χ4v) is 6.74. The highest BCUT2D eigenvalue weighted by Gasteiger charge is 2.16. The van der Waals surface area contributed by atoms with Gasteiger partial charge < -0.3 is 0 Å². The van der Waals surface area contributed by atoms with Crippen LogP contribution in [0.4, 0.5) is 0 Å². The van der Waals surface area contributed by atoms with Crippen LogP contribution in [0.1, 0.15) is 166 Å². The van der Waals surface area contributed by atoms with Crippen LogP contribution in [0.5, 0.6) is 0 Å². The molecule has 0 saturated carbocycles. The topological polar surface area (TPSA) is 54.4 Å². The Labute approximate surface area is 247 Å². The summed E-state index contributed by atoms with van der Waals surface area (Å²) in [5.74, 6) is 0. The maximum absolute atomic E-state index is 12.0. The molecule has 0 aromatic heterocycles. The number of aryl methyl sites for hydroxylation is 2. The van der Waals surface area contributed by atoms with Crippen LogP contribution in [0, 0.1) is 0 Å². The fraction of sp³-hybridized carbons (Fsp3) is 0.722. The van der Waals surface area contributed by atoms with E-state index >= 15 is 0 Å². The molecule has 0 atom stereocenters. The minimum atomic E-state index is -4.24. The van der Waals surface area contributed by atoms with Gasteiger partial charge in [-0.05, 0) is 54.3 Å². The van der Waals surface area contributed by atoms with Crippen LogP contribution < -0.4 is 0 Å². The molecule has 3 nitrogen and oxygen atoms in total. The van der Waals surface area contributed by atoms with Crippen molar-refractivity contribution in [2.24, 2.45) is 0 Å². The maximum Gasteiger partial charge on any atom is 0.295 e. The maximum atomic E-state index is 12.0. The summed E-state index contributed by atoms with van der Waals surface area (Å²) in [6.45, 7) is 4.55. The van der Waals surface area contributed by atoms with E-state index < -0.39 is 10.1 Å². The number of rotatable bonds is 25. The van der Waals surface area contributed by atoms with Gasteiger partial charge in [-0.3, -0.25) is 4.55 Å². The van der Waals surface area contributed by atoms with E-state index in [9.17, 15) is 13.0 Å². The Kier molecular flexibility index (Phi) is 18.6. The number of fused-ring (bicyclic) bond motifs is 1. The van der Waals surface area contributed by atoms with Gasteiger partial charge in [0, 0.05) is 5.39 Å². The molecule has 2 aromatic rings.